The van der Waals surface area contributed by atoms with Crippen molar-refractivity contribution in [3.8, 4) is 17.0 Å². The average Bonchev–Trinajstić information content (AvgIpc) is 3.47. The Kier molecular flexibility index (Phi) is 7.58. The molecule has 0 aliphatic rings. The van der Waals surface area contributed by atoms with Crippen molar-refractivity contribution in [2.24, 2.45) is 0 Å². The summed E-state index contributed by atoms with van der Waals surface area (Å²) in [6.45, 7) is -2.79. The highest BCUT2D eigenvalue weighted by Gasteiger charge is 2.27. The normalized spacial score (nSPS) is 12.5. The molecular weight excluding hydrogens is 543 g/mol. The Balaban J connectivity index is 1.86. The lowest BCUT2D eigenvalue weighted by Crippen LogP contribution is -2.26. The summed E-state index contributed by atoms with van der Waals surface area (Å²) in [4.78, 5) is 30.4. The summed E-state index contributed by atoms with van der Waals surface area (Å²) >= 11 is 0. The number of likely N-dealkylation sites (N-methyl/N-ethyl adjacent to an activating group) is 1. The molecule has 4 rings (SSSR count). The van der Waals surface area contributed by atoms with Crippen molar-refractivity contribution in [2.75, 3.05) is 19.4 Å². The molecule has 1 N–H and O–H groups in total. The lowest BCUT2D eigenvalue weighted by Gasteiger charge is -2.13. The molecule has 4 aromatic rings. The Bertz CT molecular complexity index is 1650. The summed E-state index contributed by atoms with van der Waals surface area (Å²) < 4.78 is 72.4. The maximum absolute atomic E-state index is 13.9. The van der Waals surface area contributed by atoms with E-state index in [2.05, 4.69) is 25.2 Å². The number of ether oxygens (including phenoxy) is 1. The summed E-state index contributed by atoms with van der Waals surface area (Å²) in [6.07, 6.45) is 5.55. The van der Waals surface area contributed by atoms with Crippen LogP contribution in [0.3, 0.4) is 0 Å². The molecule has 1 atom stereocenters. The molecular formula is C23H22F3N7O5S. The molecule has 12 nitrogen and oxygen atoms in total. The SMILES string of the molecule is CC(F)S(=O)(=O)c1ccc(OC(F)F)c(-c2nn(CC(=O)N(C)C)cc2NC(=O)c2cnn3cccnc23)c1. The van der Waals surface area contributed by atoms with Gasteiger partial charge in [0.2, 0.25) is 21.2 Å². The quantitative estimate of drug-likeness (QED) is 0.327. The first-order valence-corrected chi connectivity index (χ1v) is 12.8. The number of alkyl halides is 3. The second-order valence-corrected chi connectivity index (χ2v) is 10.6. The van der Waals surface area contributed by atoms with Crippen LogP contribution in [0.15, 0.2) is 53.9 Å². The topological polar surface area (TPSA) is 141 Å². The molecule has 0 fully saturated rings. The number of nitrogens with zero attached hydrogens (tertiary/aromatic N) is 6. The van der Waals surface area contributed by atoms with Gasteiger partial charge in [-0.2, -0.15) is 19.0 Å². The third kappa shape index (κ3) is 5.69. The van der Waals surface area contributed by atoms with E-state index < -0.39 is 38.5 Å². The first-order valence-electron chi connectivity index (χ1n) is 11.2. The molecule has 39 heavy (non-hydrogen) atoms. The number of fused-ring (bicyclic) bond motifs is 1. The number of carbonyl (C=O) groups is 2. The molecule has 206 valence electrons. The monoisotopic (exact) mass is 565 g/mol. The summed E-state index contributed by atoms with van der Waals surface area (Å²) in [7, 11) is -1.47. The number of benzene rings is 1. The van der Waals surface area contributed by atoms with Crippen LogP contribution in [0.5, 0.6) is 5.75 Å². The maximum atomic E-state index is 13.9. The van der Waals surface area contributed by atoms with Crippen molar-refractivity contribution in [1.82, 2.24) is 29.3 Å². The average molecular weight is 566 g/mol. The molecule has 16 heteroatoms. The Morgan fingerprint density at radius 1 is 1.21 bits per heavy atom. The van der Waals surface area contributed by atoms with Crippen molar-refractivity contribution in [3.05, 3.63) is 54.6 Å². The third-order valence-electron chi connectivity index (χ3n) is 5.51. The van der Waals surface area contributed by atoms with Crippen LogP contribution in [-0.2, 0) is 21.2 Å². The Hall–Kier alpha value is -4.47. The van der Waals surface area contributed by atoms with E-state index in [0.29, 0.717) is 0 Å². The third-order valence-corrected chi connectivity index (χ3v) is 7.27. The highest BCUT2D eigenvalue weighted by molar-refractivity contribution is 7.91. The molecule has 0 saturated heterocycles. The number of halogens is 3. The first-order chi connectivity index (χ1) is 18.4. The van der Waals surface area contributed by atoms with E-state index in [0.717, 1.165) is 29.8 Å². The standard InChI is InChI=1S/C23H22F3N7O5S/c1-13(24)39(36,37)14-5-6-18(38-23(25)26)15(9-14)20-17(11-32(30-20)12-19(34)31(2)3)29-22(35)16-10-28-33-8-4-7-27-21(16)33/h4-11,13,23H,12H2,1-3H3,(H,29,35). The Labute approximate surface area is 219 Å². The number of carbonyl (C=O) groups excluding carboxylic acids is 2. The van der Waals surface area contributed by atoms with Gasteiger partial charge in [-0.3, -0.25) is 14.3 Å². The van der Waals surface area contributed by atoms with Crippen LogP contribution in [0.4, 0.5) is 18.9 Å². The van der Waals surface area contributed by atoms with E-state index in [1.54, 1.807) is 12.3 Å². The number of nitrogens with one attached hydrogen (secondary N) is 1. The summed E-state index contributed by atoms with van der Waals surface area (Å²) in [5.74, 6) is -1.59. The number of rotatable bonds is 9. The molecule has 2 amide bonds. The van der Waals surface area contributed by atoms with E-state index in [-0.39, 0.29) is 40.6 Å². The van der Waals surface area contributed by atoms with Gasteiger partial charge in [-0.1, -0.05) is 0 Å². The highest BCUT2D eigenvalue weighted by atomic mass is 32.2. The van der Waals surface area contributed by atoms with Crippen molar-refractivity contribution in [2.45, 2.75) is 30.5 Å². The van der Waals surface area contributed by atoms with Gasteiger partial charge in [-0.05, 0) is 31.2 Å². The number of anilines is 1. The van der Waals surface area contributed by atoms with Crippen molar-refractivity contribution >= 4 is 33.0 Å². The fourth-order valence-corrected chi connectivity index (χ4v) is 4.42. The van der Waals surface area contributed by atoms with Crippen LogP contribution in [0.25, 0.3) is 16.9 Å². The summed E-state index contributed by atoms with van der Waals surface area (Å²) in [5.41, 5.74) is -2.60. The van der Waals surface area contributed by atoms with Crippen molar-refractivity contribution in [1.29, 1.82) is 0 Å². The second kappa shape index (κ2) is 10.7. The van der Waals surface area contributed by atoms with Gasteiger partial charge in [0.15, 0.2) is 5.65 Å². The molecule has 0 spiro atoms. The number of amides is 2. The van der Waals surface area contributed by atoms with Crippen molar-refractivity contribution in [3.63, 3.8) is 0 Å². The predicted molar refractivity (Wildman–Crippen MR) is 132 cm³/mol. The van der Waals surface area contributed by atoms with Gasteiger partial charge < -0.3 is 15.0 Å². The van der Waals surface area contributed by atoms with Crippen LogP contribution in [-0.4, -0.2) is 75.7 Å². The zero-order valence-electron chi connectivity index (χ0n) is 20.7. The first kappa shape index (κ1) is 27.6. The molecule has 3 heterocycles. The summed E-state index contributed by atoms with van der Waals surface area (Å²) in [6, 6.07) is 4.37. The second-order valence-electron chi connectivity index (χ2n) is 8.40. The van der Waals surface area contributed by atoms with E-state index >= 15 is 0 Å². The molecule has 3 aromatic heterocycles. The zero-order chi connectivity index (χ0) is 28.5. The minimum atomic E-state index is -4.48. The lowest BCUT2D eigenvalue weighted by atomic mass is 10.1. The maximum Gasteiger partial charge on any atom is 0.387 e. The van der Waals surface area contributed by atoms with E-state index in [9.17, 15) is 31.2 Å². The van der Waals surface area contributed by atoms with E-state index in [1.807, 2.05) is 0 Å². The number of hydrogen-bond donors (Lipinski definition) is 1. The van der Waals surface area contributed by atoms with Gasteiger partial charge in [-0.25, -0.2) is 22.3 Å². The molecule has 0 bridgehead atoms. The van der Waals surface area contributed by atoms with Crippen LogP contribution in [0.1, 0.15) is 17.3 Å². The summed E-state index contributed by atoms with van der Waals surface area (Å²) in [5, 5.41) is 10.9. The smallest absolute Gasteiger partial charge is 0.387 e. The van der Waals surface area contributed by atoms with E-state index in [4.69, 9.17) is 0 Å². The fourth-order valence-electron chi connectivity index (χ4n) is 3.51. The molecule has 0 radical (unpaired) electrons. The zero-order valence-corrected chi connectivity index (χ0v) is 21.6. The minimum Gasteiger partial charge on any atom is -0.434 e. The van der Waals surface area contributed by atoms with Gasteiger partial charge in [-0.15, -0.1) is 0 Å². The number of aromatic nitrogens is 5. The van der Waals surface area contributed by atoms with Gasteiger partial charge in [0.1, 0.15) is 23.6 Å². The predicted octanol–water partition coefficient (Wildman–Crippen LogP) is 2.62. The molecule has 0 aliphatic carbocycles. The van der Waals surface area contributed by atoms with Crippen LogP contribution in [0, 0.1) is 0 Å². The minimum absolute atomic E-state index is 0.0605. The van der Waals surface area contributed by atoms with Gasteiger partial charge in [0.25, 0.3) is 5.91 Å². The largest absolute Gasteiger partial charge is 0.434 e. The number of sulfone groups is 1. The molecule has 0 saturated carbocycles. The van der Waals surface area contributed by atoms with Gasteiger partial charge in [0, 0.05) is 38.2 Å². The lowest BCUT2D eigenvalue weighted by molar-refractivity contribution is -0.129. The molecule has 0 aliphatic heterocycles. The Morgan fingerprint density at radius 3 is 2.62 bits per heavy atom. The number of hydrogen-bond acceptors (Lipinski definition) is 8. The molecule has 1 unspecified atom stereocenters. The van der Waals surface area contributed by atoms with Crippen LogP contribution < -0.4 is 10.1 Å². The highest BCUT2D eigenvalue weighted by Crippen LogP contribution is 2.37. The fraction of sp³-hybridized carbons (Fsp3) is 0.261. The van der Waals surface area contributed by atoms with Gasteiger partial charge >= 0.3 is 6.61 Å². The molecule has 1 aromatic carbocycles. The Morgan fingerprint density at radius 2 is 1.95 bits per heavy atom. The van der Waals surface area contributed by atoms with Gasteiger partial charge in [0.05, 0.1) is 16.8 Å². The van der Waals surface area contributed by atoms with Crippen molar-refractivity contribution < 1.29 is 35.9 Å². The van der Waals surface area contributed by atoms with E-state index in [1.165, 1.54) is 42.1 Å². The van der Waals surface area contributed by atoms with Crippen LogP contribution >= 0.6 is 0 Å². The van der Waals surface area contributed by atoms with Crippen LogP contribution in [0.2, 0.25) is 0 Å².